The number of amides is 2. The Bertz CT molecular complexity index is 2420. The van der Waals surface area contributed by atoms with Crippen LogP contribution in [0.3, 0.4) is 0 Å². The van der Waals surface area contributed by atoms with Crippen LogP contribution in [-0.4, -0.2) is 129 Å². The highest BCUT2D eigenvalue weighted by molar-refractivity contribution is 7.99. The van der Waals surface area contributed by atoms with Crippen molar-refractivity contribution in [3.63, 3.8) is 0 Å². The van der Waals surface area contributed by atoms with Crippen LogP contribution in [0.5, 0.6) is 0 Å². The lowest BCUT2D eigenvalue weighted by Gasteiger charge is -2.33. The van der Waals surface area contributed by atoms with Crippen LogP contribution >= 0.6 is 58.2 Å². The monoisotopic (exact) mass is 984 g/mol. The summed E-state index contributed by atoms with van der Waals surface area (Å²) in [7, 11) is 0. The number of hydrogen-bond acceptors (Lipinski definition) is 11. The predicted octanol–water partition coefficient (Wildman–Crippen LogP) is 8.87. The first kappa shape index (κ1) is 48.9. The molecule has 0 atom stereocenters. The second-order valence-electron chi connectivity index (χ2n) is 14.9. The quantitative estimate of drug-likeness (QED) is 0.0612. The number of nitro benzene ring substituents is 2. The first-order chi connectivity index (χ1) is 31.0. The molecular formula is C44H40Cl4N6O10S. The molecule has 0 bridgehead atoms. The highest BCUT2D eigenvalue weighted by atomic mass is 35.5. The summed E-state index contributed by atoms with van der Waals surface area (Å²) in [4.78, 5) is 81.0. The zero-order chi connectivity index (χ0) is 46.9. The third-order valence-electron chi connectivity index (χ3n) is 10.8. The number of aliphatic carboxylic acids is 2. The molecule has 2 amide bonds. The Labute approximate surface area is 396 Å². The molecule has 340 valence electrons. The number of carbonyl (C=O) groups is 4. The number of halogens is 4. The zero-order valence-electron chi connectivity index (χ0n) is 34.3. The van der Waals surface area contributed by atoms with Gasteiger partial charge in [-0.3, -0.25) is 49.2 Å². The van der Waals surface area contributed by atoms with Crippen LogP contribution in [0, 0.1) is 20.2 Å². The topological polar surface area (TPSA) is 208 Å². The van der Waals surface area contributed by atoms with Crippen molar-refractivity contribution < 1.29 is 39.2 Å². The summed E-state index contributed by atoms with van der Waals surface area (Å²) < 4.78 is 0. The smallest absolute Gasteiger partial charge is 0.304 e. The van der Waals surface area contributed by atoms with Gasteiger partial charge >= 0.3 is 11.9 Å². The number of carbonyl (C=O) groups excluding carboxylic acids is 2. The number of nitrogens with zero attached hydrogens (tertiary/aromatic N) is 6. The summed E-state index contributed by atoms with van der Waals surface area (Å²) in [6.45, 7) is 3.97. The van der Waals surface area contributed by atoms with Gasteiger partial charge in [0, 0.05) is 98.8 Å². The average molecular weight is 987 g/mol. The van der Waals surface area contributed by atoms with Crippen LogP contribution in [0.25, 0.3) is 34.4 Å². The van der Waals surface area contributed by atoms with Crippen molar-refractivity contribution in [3.05, 3.63) is 124 Å². The molecule has 2 heterocycles. The Morgan fingerprint density at radius 2 is 0.954 bits per heavy atom. The molecule has 2 saturated heterocycles. The molecule has 2 N–H and O–H groups in total. The molecule has 21 heteroatoms. The van der Waals surface area contributed by atoms with Gasteiger partial charge in [-0.25, -0.2) is 0 Å². The van der Waals surface area contributed by atoms with Gasteiger partial charge in [-0.1, -0.05) is 82.4 Å². The summed E-state index contributed by atoms with van der Waals surface area (Å²) in [6.07, 6.45) is 5.41. The maximum Gasteiger partial charge on any atom is 0.304 e. The average Bonchev–Trinajstić information content (AvgIpc) is 3.26. The maximum absolute atomic E-state index is 13.4. The summed E-state index contributed by atoms with van der Waals surface area (Å²) in [5.74, 6) is -2.56. The molecule has 0 spiro atoms. The first-order valence-electron chi connectivity index (χ1n) is 20.0. The van der Waals surface area contributed by atoms with Crippen molar-refractivity contribution in [1.29, 1.82) is 0 Å². The number of hydrogen-bond donors (Lipinski definition) is 2. The van der Waals surface area contributed by atoms with Gasteiger partial charge in [0.2, 0.25) is 11.8 Å². The Hall–Kier alpha value is -5.53. The lowest BCUT2D eigenvalue weighted by atomic mass is 9.97. The number of piperazine rings is 2. The minimum absolute atomic E-state index is 0.00537. The number of nitro groups is 2. The van der Waals surface area contributed by atoms with E-state index in [0.717, 1.165) is 11.8 Å². The van der Waals surface area contributed by atoms with E-state index < -0.39 is 33.2 Å². The Morgan fingerprint density at radius 1 is 0.585 bits per heavy atom. The summed E-state index contributed by atoms with van der Waals surface area (Å²) in [6, 6.07) is 14.8. The largest absolute Gasteiger partial charge is 0.481 e. The van der Waals surface area contributed by atoms with Crippen molar-refractivity contribution in [1.82, 2.24) is 19.6 Å². The fourth-order valence-electron chi connectivity index (χ4n) is 7.47. The molecule has 2 fully saturated rings. The summed E-state index contributed by atoms with van der Waals surface area (Å²) in [5, 5.41) is 45.1. The molecule has 6 rings (SSSR count). The van der Waals surface area contributed by atoms with Crippen LogP contribution in [-0.2, 0) is 19.2 Å². The van der Waals surface area contributed by atoms with Crippen molar-refractivity contribution in [2.24, 2.45) is 0 Å². The Balaban J connectivity index is 1.39. The lowest BCUT2D eigenvalue weighted by Crippen LogP contribution is -2.48. The van der Waals surface area contributed by atoms with E-state index in [1.165, 1.54) is 72.8 Å². The molecule has 4 aromatic carbocycles. The Morgan fingerprint density at radius 3 is 1.28 bits per heavy atom. The SMILES string of the molecule is O=C(O)CCN1CCN(C(=O)C=Cc2ccc(Sc3ccc(C=CC(=O)N4CCN(CCC(=O)O)CC4)c(-c4ccc(Cl)cc4Cl)c3[N+](=O)[O-])c([N+](=O)[O-])c2-c2ccc(Cl)cc2Cl)CC1. The van der Waals surface area contributed by atoms with E-state index in [-0.39, 0.29) is 87.9 Å². The van der Waals surface area contributed by atoms with Gasteiger partial charge < -0.3 is 20.0 Å². The van der Waals surface area contributed by atoms with Gasteiger partial charge in [0.15, 0.2) is 0 Å². The second kappa shape index (κ2) is 22.1. The van der Waals surface area contributed by atoms with Crippen molar-refractivity contribution in [2.75, 3.05) is 65.4 Å². The minimum atomic E-state index is -0.914. The fraction of sp³-hybridized carbons (Fsp3) is 0.273. The third kappa shape index (κ3) is 12.4. The van der Waals surface area contributed by atoms with E-state index in [0.29, 0.717) is 65.4 Å². The van der Waals surface area contributed by atoms with E-state index in [9.17, 15) is 39.4 Å². The van der Waals surface area contributed by atoms with E-state index in [2.05, 4.69) is 0 Å². The van der Waals surface area contributed by atoms with Crippen molar-refractivity contribution in [3.8, 4) is 22.3 Å². The van der Waals surface area contributed by atoms with Gasteiger partial charge in [-0.15, -0.1) is 0 Å². The molecule has 0 aliphatic carbocycles. The van der Waals surface area contributed by atoms with Crippen LogP contribution in [0.2, 0.25) is 20.1 Å². The van der Waals surface area contributed by atoms with Crippen LogP contribution < -0.4 is 0 Å². The molecule has 0 radical (unpaired) electrons. The molecule has 65 heavy (non-hydrogen) atoms. The molecule has 2 aliphatic rings. The molecule has 0 unspecified atom stereocenters. The Kier molecular flexibility index (Phi) is 16.6. The minimum Gasteiger partial charge on any atom is -0.481 e. The van der Waals surface area contributed by atoms with Gasteiger partial charge in [-0.2, -0.15) is 0 Å². The number of carboxylic acid groups (broad SMARTS) is 2. The second-order valence-corrected chi connectivity index (χ2v) is 17.7. The van der Waals surface area contributed by atoms with Crippen LogP contribution in [0.15, 0.2) is 82.6 Å². The predicted molar refractivity (Wildman–Crippen MR) is 250 cm³/mol. The van der Waals surface area contributed by atoms with Crippen LogP contribution in [0.1, 0.15) is 24.0 Å². The third-order valence-corrected chi connectivity index (χ3v) is 13.0. The number of benzene rings is 4. The molecule has 2 aliphatic heterocycles. The number of carboxylic acids is 2. The normalized spacial score (nSPS) is 14.9. The molecule has 4 aromatic rings. The molecule has 0 aromatic heterocycles. The summed E-state index contributed by atoms with van der Waals surface area (Å²) in [5.41, 5.74) is 0.0287. The van der Waals surface area contributed by atoms with Crippen molar-refractivity contribution >= 4 is 105 Å². The number of rotatable bonds is 16. The van der Waals surface area contributed by atoms with Gasteiger partial charge in [0.05, 0.1) is 53.7 Å². The van der Waals surface area contributed by atoms with Crippen molar-refractivity contribution in [2.45, 2.75) is 22.6 Å². The lowest BCUT2D eigenvalue weighted by molar-refractivity contribution is -0.387. The van der Waals surface area contributed by atoms with E-state index >= 15 is 0 Å². The zero-order valence-corrected chi connectivity index (χ0v) is 38.2. The van der Waals surface area contributed by atoms with Crippen LogP contribution in [0.4, 0.5) is 11.4 Å². The van der Waals surface area contributed by atoms with Gasteiger partial charge in [0.1, 0.15) is 0 Å². The first-order valence-corrected chi connectivity index (χ1v) is 22.4. The molecule has 0 saturated carbocycles. The van der Waals surface area contributed by atoms with E-state index in [1.54, 1.807) is 21.9 Å². The van der Waals surface area contributed by atoms with Gasteiger partial charge in [-0.05, 0) is 59.7 Å². The fourth-order valence-corrected chi connectivity index (χ4v) is 9.54. The highest BCUT2D eigenvalue weighted by Crippen LogP contribution is 2.50. The van der Waals surface area contributed by atoms with E-state index in [4.69, 9.17) is 56.6 Å². The summed E-state index contributed by atoms with van der Waals surface area (Å²) >= 11 is 26.6. The van der Waals surface area contributed by atoms with E-state index in [1.807, 2.05) is 9.80 Å². The molecular weight excluding hydrogens is 946 g/mol. The standard InChI is InChI=1S/C44H40Cl4N6O10S/c45-29-5-7-31(33(47)25-29)41-27(3-11-37(55)51-21-17-49(18-22-51)15-13-39(57)58)1-9-35(43(41)53(61)62)65-36-10-2-28(42(44(36)54(63)64)32-8-6-30(46)26-34(32)48)4-12-38(56)52-23-19-50(20-24-52)16-14-40(59)60/h1-12,25-26H,13-24H2,(H,57,58)(H,59,60). The maximum atomic E-state index is 13.4. The van der Waals surface area contributed by atoms with Gasteiger partial charge in [0.25, 0.3) is 11.4 Å². The molecule has 16 nitrogen and oxygen atoms in total. The highest BCUT2D eigenvalue weighted by Gasteiger charge is 2.31.